The molecule has 1 aromatic heterocycles. The molecule has 0 unspecified atom stereocenters. The van der Waals surface area contributed by atoms with Gasteiger partial charge in [-0.3, -0.25) is 4.57 Å². The number of imidazole rings is 1. The maximum atomic E-state index is 11.5. The van der Waals surface area contributed by atoms with Crippen LogP contribution in [0.15, 0.2) is 140 Å². The third kappa shape index (κ3) is 5.93. The van der Waals surface area contributed by atoms with Crippen molar-refractivity contribution in [1.82, 2.24) is 9.55 Å². The van der Waals surface area contributed by atoms with Crippen LogP contribution in [0.2, 0.25) is 0 Å². The first-order chi connectivity index (χ1) is 20.7. The maximum Gasteiger partial charge on any atom is 0.335 e. The number of aromatic carboxylic acids is 1. The third-order valence-corrected chi connectivity index (χ3v) is 6.86. The smallest absolute Gasteiger partial charge is 0.335 e. The van der Waals surface area contributed by atoms with Crippen molar-refractivity contribution in [1.29, 1.82) is 0 Å². The molecule has 6 rings (SSSR count). The van der Waals surface area contributed by atoms with Crippen molar-refractivity contribution in [2.24, 2.45) is 0 Å². The second-order valence-corrected chi connectivity index (χ2v) is 9.71. The topological polar surface area (TPSA) is 73.6 Å². The molecule has 206 valence electrons. The van der Waals surface area contributed by atoms with Gasteiger partial charge in [-0.25, -0.2) is 9.78 Å². The predicted molar refractivity (Wildman–Crippen MR) is 163 cm³/mol. The molecule has 0 spiro atoms. The second kappa shape index (κ2) is 12.3. The molecular formula is C36H28N2O4. The fourth-order valence-electron chi connectivity index (χ4n) is 4.71. The monoisotopic (exact) mass is 552 g/mol. The molecule has 5 aromatic carbocycles. The molecule has 0 aliphatic rings. The highest BCUT2D eigenvalue weighted by Gasteiger charge is 2.19. The van der Waals surface area contributed by atoms with Crippen LogP contribution >= 0.6 is 0 Å². The average molecular weight is 553 g/mol. The van der Waals surface area contributed by atoms with Gasteiger partial charge in [-0.1, -0.05) is 84.9 Å². The van der Waals surface area contributed by atoms with Gasteiger partial charge in [0, 0.05) is 17.4 Å². The van der Waals surface area contributed by atoms with Gasteiger partial charge in [0.1, 0.15) is 30.5 Å². The summed E-state index contributed by atoms with van der Waals surface area (Å²) in [6.07, 6.45) is 1.95. The van der Waals surface area contributed by atoms with Crippen molar-refractivity contribution in [3.8, 4) is 39.8 Å². The van der Waals surface area contributed by atoms with E-state index in [1.54, 1.807) is 24.3 Å². The van der Waals surface area contributed by atoms with E-state index < -0.39 is 5.97 Å². The zero-order chi connectivity index (χ0) is 28.7. The average Bonchev–Trinajstić information content (AvgIpc) is 3.49. The number of benzene rings is 5. The quantitative estimate of drug-likeness (QED) is 0.186. The Morgan fingerprint density at radius 2 is 1.12 bits per heavy atom. The molecule has 0 saturated carbocycles. The number of carbonyl (C=O) groups is 1. The van der Waals surface area contributed by atoms with E-state index in [0.29, 0.717) is 36.2 Å². The van der Waals surface area contributed by atoms with Crippen molar-refractivity contribution in [3.63, 3.8) is 0 Å². The van der Waals surface area contributed by atoms with E-state index in [4.69, 9.17) is 14.5 Å². The van der Waals surface area contributed by atoms with Gasteiger partial charge < -0.3 is 14.6 Å². The molecule has 1 heterocycles. The van der Waals surface area contributed by atoms with Crippen molar-refractivity contribution in [3.05, 3.63) is 156 Å². The molecule has 6 nitrogen and oxygen atoms in total. The minimum Gasteiger partial charge on any atom is -0.488 e. The van der Waals surface area contributed by atoms with Gasteiger partial charge in [0.05, 0.1) is 16.8 Å². The lowest BCUT2D eigenvalue weighted by Gasteiger charge is -2.13. The minimum absolute atomic E-state index is 0.215. The van der Waals surface area contributed by atoms with E-state index in [-0.39, 0.29) is 5.56 Å². The van der Waals surface area contributed by atoms with E-state index in [1.165, 1.54) is 0 Å². The van der Waals surface area contributed by atoms with Crippen LogP contribution in [-0.2, 0) is 13.2 Å². The Morgan fingerprint density at radius 3 is 1.69 bits per heavy atom. The molecule has 0 radical (unpaired) electrons. The first kappa shape index (κ1) is 26.6. The Kier molecular flexibility index (Phi) is 7.77. The number of rotatable bonds is 10. The predicted octanol–water partition coefficient (Wildman–Crippen LogP) is 8.06. The summed E-state index contributed by atoms with van der Waals surface area (Å²) in [6, 6.07) is 42.4. The van der Waals surface area contributed by atoms with Gasteiger partial charge in [0.2, 0.25) is 0 Å². The van der Waals surface area contributed by atoms with Crippen LogP contribution in [0.3, 0.4) is 0 Å². The Morgan fingerprint density at radius 1 is 0.619 bits per heavy atom. The largest absolute Gasteiger partial charge is 0.488 e. The number of para-hydroxylation sites is 2. The summed E-state index contributed by atoms with van der Waals surface area (Å²) >= 11 is 0. The third-order valence-electron chi connectivity index (χ3n) is 6.86. The Hall–Kier alpha value is -5.62. The summed E-state index contributed by atoms with van der Waals surface area (Å²) in [6.45, 7) is 0.840. The van der Waals surface area contributed by atoms with Gasteiger partial charge in [-0.2, -0.15) is 0 Å². The highest BCUT2D eigenvalue weighted by molar-refractivity contribution is 5.87. The van der Waals surface area contributed by atoms with Crippen molar-refractivity contribution in [2.75, 3.05) is 0 Å². The first-order valence-corrected chi connectivity index (χ1v) is 13.6. The van der Waals surface area contributed by atoms with Crippen LogP contribution < -0.4 is 9.47 Å². The van der Waals surface area contributed by atoms with E-state index in [2.05, 4.69) is 0 Å². The number of nitrogens with zero attached hydrogens (tertiary/aromatic N) is 2. The highest BCUT2D eigenvalue weighted by atomic mass is 16.5. The summed E-state index contributed by atoms with van der Waals surface area (Å²) in [5.41, 5.74) is 5.49. The van der Waals surface area contributed by atoms with E-state index in [0.717, 1.165) is 27.9 Å². The van der Waals surface area contributed by atoms with Gasteiger partial charge in [0.25, 0.3) is 0 Å². The molecule has 6 aromatic rings. The summed E-state index contributed by atoms with van der Waals surface area (Å²) < 4.78 is 14.5. The normalized spacial score (nSPS) is 10.8. The Labute approximate surface area is 244 Å². The van der Waals surface area contributed by atoms with Crippen LogP contribution in [-0.4, -0.2) is 20.6 Å². The van der Waals surface area contributed by atoms with Crippen LogP contribution in [0.25, 0.3) is 28.3 Å². The molecular weight excluding hydrogens is 524 g/mol. The lowest BCUT2D eigenvalue weighted by molar-refractivity contribution is 0.0697. The Balaban J connectivity index is 1.41. The summed E-state index contributed by atoms with van der Waals surface area (Å²) in [5.74, 6) is 1.09. The fourth-order valence-corrected chi connectivity index (χ4v) is 4.71. The molecule has 0 amide bonds. The maximum absolute atomic E-state index is 11.5. The van der Waals surface area contributed by atoms with E-state index >= 15 is 0 Å². The minimum atomic E-state index is -0.975. The van der Waals surface area contributed by atoms with E-state index in [1.807, 2.05) is 120 Å². The SMILES string of the molecule is O=C(O)c1ccc(-n2cc(-c3ccccc3OCc3ccccc3)nc2-c2ccccc2OCc2ccccc2)cc1. The number of aromatic nitrogens is 2. The van der Waals surface area contributed by atoms with Gasteiger partial charge >= 0.3 is 5.97 Å². The zero-order valence-electron chi connectivity index (χ0n) is 22.8. The molecule has 0 bridgehead atoms. The second-order valence-electron chi connectivity index (χ2n) is 9.71. The molecule has 1 N–H and O–H groups in total. The lowest BCUT2D eigenvalue weighted by Crippen LogP contribution is -2.01. The number of hydrogen-bond donors (Lipinski definition) is 1. The van der Waals surface area contributed by atoms with E-state index in [9.17, 15) is 9.90 Å². The van der Waals surface area contributed by atoms with Crippen LogP contribution in [0.1, 0.15) is 21.5 Å². The summed E-state index contributed by atoms with van der Waals surface area (Å²) in [4.78, 5) is 16.6. The van der Waals surface area contributed by atoms with Gasteiger partial charge in [0.15, 0.2) is 0 Å². The van der Waals surface area contributed by atoms with Crippen molar-refractivity contribution < 1.29 is 19.4 Å². The first-order valence-electron chi connectivity index (χ1n) is 13.6. The Bertz CT molecular complexity index is 1800. The van der Waals surface area contributed by atoms with Gasteiger partial charge in [-0.15, -0.1) is 0 Å². The molecule has 0 saturated heterocycles. The summed E-state index contributed by atoms with van der Waals surface area (Å²) in [5, 5.41) is 9.43. The standard InChI is InChI=1S/C36H28N2O4/c39-36(40)28-19-21-29(22-20-28)38-23-32(30-15-7-9-17-33(30)41-24-26-11-3-1-4-12-26)37-35(38)31-16-8-10-18-34(31)42-25-27-13-5-2-6-14-27/h1-23H,24-25H2,(H,39,40). The molecule has 0 aliphatic heterocycles. The number of ether oxygens (including phenoxy) is 2. The molecule has 0 atom stereocenters. The number of carboxylic acids is 1. The molecule has 6 heteroatoms. The highest BCUT2D eigenvalue weighted by Crippen LogP contribution is 2.36. The molecule has 0 aliphatic carbocycles. The number of carboxylic acid groups (broad SMARTS) is 1. The number of hydrogen-bond acceptors (Lipinski definition) is 4. The van der Waals surface area contributed by atoms with Crippen molar-refractivity contribution in [2.45, 2.75) is 13.2 Å². The molecule has 0 fully saturated rings. The fraction of sp³-hybridized carbons (Fsp3) is 0.0556. The van der Waals surface area contributed by atoms with Crippen LogP contribution in [0.5, 0.6) is 11.5 Å². The van der Waals surface area contributed by atoms with Gasteiger partial charge in [-0.05, 0) is 59.7 Å². The molecule has 42 heavy (non-hydrogen) atoms. The van der Waals surface area contributed by atoms with Crippen LogP contribution in [0, 0.1) is 0 Å². The van der Waals surface area contributed by atoms with Crippen LogP contribution in [0.4, 0.5) is 0 Å². The van der Waals surface area contributed by atoms with Crippen molar-refractivity contribution >= 4 is 5.97 Å². The summed E-state index contributed by atoms with van der Waals surface area (Å²) in [7, 11) is 0. The zero-order valence-corrected chi connectivity index (χ0v) is 22.8. The lowest BCUT2D eigenvalue weighted by atomic mass is 10.1.